The Morgan fingerprint density at radius 3 is 2.67 bits per heavy atom. The molecule has 4 nitrogen and oxygen atoms in total. The molecule has 0 aromatic heterocycles. The molecule has 0 fully saturated rings. The summed E-state index contributed by atoms with van der Waals surface area (Å²) in [4.78, 5) is 12.2. The average molecular weight is 305 g/mol. The third-order valence-corrected chi connectivity index (χ3v) is 3.56. The number of nitrogens with two attached hydrogens (primary N) is 1. The quantitative estimate of drug-likeness (QED) is 0.851. The SMILES string of the molecule is COc1ccccc1[C@H](C)NC(=O)c1ccc(Cl)c(N)c1. The van der Waals surface area contributed by atoms with Crippen molar-refractivity contribution in [2.45, 2.75) is 13.0 Å². The number of amides is 1. The molecule has 1 atom stereocenters. The number of carbonyl (C=O) groups is 1. The first-order valence-corrected chi connectivity index (χ1v) is 6.89. The highest BCUT2D eigenvalue weighted by Gasteiger charge is 2.15. The van der Waals surface area contributed by atoms with E-state index >= 15 is 0 Å². The number of halogens is 1. The normalized spacial score (nSPS) is 11.8. The van der Waals surface area contributed by atoms with Crippen LogP contribution in [-0.2, 0) is 0 Å². The minimum absolute atomic E-state index is 0.189. The molecule has 0 spiro atoms. The van der Waals surface area contributed by atoms with Gasteiger partial charge in [-0.2, -0.15) is 0 Å². The zero-order chi connectivity index (χ0) is 15.4. The maximum absolute atomic E-state index is 12.2. The van der Waals surface area contributed by atoms with Crippen LogP contribution in [0.2, 0.25) is 5.02 Å². The number of rotatable bonds is 4. The third kappa shape index (κ3) is 3.47. The molecule has 0 heterocycles. The summed E-state index contributed by atoms with van der Waals surface area (Å²) in [6.45, 7) is 1.90. The van der Waals surface area contributed by atoms with E-state index < -0.39 is 0 Å². The van der Waals surface area contributed by atoms with E-state index in [2.05, 4.69) is 5.32 Å². The van der Waals surface area contributed by atoms with Crippen LogP contribution >= 0.6 is 11.6 Å². The summed E-state index contributed by atoms with van der Waals surface area (Å²) in [6.07, 6.45) is 0. The lowest BCUT2D eigenvalue weighted by Gasteiger charge is -2.17. The molecule has 2 aromatic carbocycles. The van der Waals surface area contributed by atoms with Gasteiger partial charge in [-0.25, -0.2) is 0 Å². The highest BCUT2D eigenvalue weighted by Crippen LogP contribution is 2.25. The first-order valence-electron chi connectivity index (χ1n) is 6.51. The van der Waals surface area contributed by atoms with Gasteiger partial charge in [-0.3, -0.25) is 4.79 Å². The molecule has 2 rings (SSSR count). The van der Waals surface area contributed by atoms with Crippen molar-refractivity contribution in [2.75, 3.05) is 12.8 Å². The Hall–Kier alpha value is -2.20. The number of nitrogen functional groups attached to an aromatic ring is 1. The van der Waals surface area contributed by atoms with Crippen LogP contribution < -0.4 is 15.8 Å². The maximum atomic E-state index is 12.2. The largest absolute Gasteiger partial charge is 0.496 e. The Labute approximate surface area is 128 Å². The highest BCUT2D eigenvalue weighted by molar-refractivity contribution is 6.33. The van der Waals surface area contributed by atoms with E-state index in [0.29, 0.717) is 16.3 Å². The Kier molecular flexibility index (Phi) is 4.70. The molecular weight excluding hydrogens is 288 g/mol. The molecule has 0 aliphatic carbocycles. The molecule has 2 aromatic rings. The topological polar surface area (TPSA) is 64.3 Å². The van der Waals surface area contributed by atoms with Gasteiger partial charge in [-0.15, -0.1) is 0 Å². The van der Waals surface area contributed by atoms with Crippen LogP contribution in [0.4, 0.5) is 5.69 Å². The molecule has 0 aliphatic heterocycles. The Morgan fingerprint density at radius 2 is 2.00 bits per heavy atom. The van der Waals surface area contributed by atoms with Gasteiger partial charge < -0.3 is 15.8 Å². The number of methoxy groups -OCH3 is 1. The molecule has 21 heavy (non-hydrogen) atoms. The minimum atomic E-state index is -0.211. The number of anilines is 1. The molecule has 5 heteroatoms. The first-order chi connectivity index (χ1) is 10.0. The van der Waals surface area contributed by atoms with Crippen molar-refractivity contribution in [3.63, 3.8) is 0 Å². The van der Waals surface area contributed by atoms with E-state index in [-0.39, 0.29) is 11.9 Å². The zero-order valence-electron chi connectivity index (χ0n) is 11.9. The van der Waals surface area contributed by atoms with Crippen LogP contribution in [0, 0.1) is 0 Å². The van der Waals surface area contributed by atoms with Crippen LogP contribution in [0.3, 0.4) is 0 Å². The predicted molar refractivity (Wildman–Crippen MR) is 84.7 cm³/mol. The average Bonchev–Trinajstić information content (AvgIpc) is 2.49. The van der Waals surface area contributed by atoms with Gasteiger partial charge in [0.1, 0.15) is 5.75 Å². The monoisotopic (exact) mass is 304 g/mol. The van der Waals surface area contributed by atoms with Crippen molar-refractivity contribution in [3.05, 3.63) is 58.6 Å². The summed E-state index contributed by atoms with van der Waals surface area (Å²) in [7, 11) is 1.60. The van der Waals surface area contributed by atoms with Crippen molar-refractivity contribution >= 4 is 23.2 Å². The summed E-state index contributed by atoms with van der Waals surface area (Å²) in [5, 5.41) is 3.35. The van der Waals surface area contributed by atoms with Crippen molar-refractivity contribution in [3.8, 4) is 5.75 Å². The molecule has 0 saturated carbocycles. The Balaban J connectivity index is 2.16. The third-order valence-electron chi connectivity index (χ3n) is 3.21. The van der Waals surface area contributed by atoms with Crippen LogP contribution in [0.5, 0.6) is 5.75 Å². The number of hydrogen-bond acceptors (Lipinski definition) is 3. The lowest BCUT2D eigenvalue weighted by molar-refractivity contribution is 0.0939. The second kappa shape index (κ2) is 6.50. The zero-order valence-corrected chi connectivity index (χ0v) is 12.6. The summed E-state index contributed by atoms with van der Waals surface area (Å²) >= 11 is 5.85. The fraction of sp³-hybridized carbons (Fsp3) is 0.188. The smallest absolute Gasteiger partial charge is 0.251 e. The number of hydrogen-bond donors (Lipinski definition) is 2. The van der Waals surface area contributed by atoms with Gasteiger partial charge in [0.2, 0.25) is 0 Å². The van der Waals surface area contributed by atoms with Crippen LogP contribution in [-0.4, -0.2) is 13.0 Å². The van der Waals surface area contributed by atoms with Crippen molar-refractivity contribution < 1.29 is 9.53 Å². The molecule has 3 N–H and O–H groups in total. The van der Waals surface area contributed by atoms with Crippen molar-refractivity contribution in [2.24, 2.45) is 0 Å². The molecular formula is C16H17ClN2O2. The fourth-order valence-corrected chi connectivity index (χ4v) is 2.18. The van der Waals surface area contributed by atoms with Crippen molar-refractivity contribution in [1.82, 2.24) is 5.32 Å². The molecule has 0 saturated heterocycles. The highest BCUT2D eigenvalue weighted by atomic mass is 35.5. The standard InChI is InChI=1S/C16H17ClN2O2/c1-10(12-5-3-4-6-15(12)21-2)19-16(20)11-7-8-13(17)14(18)9-11/h3-10H,18H2,1-2H3,(H,19,20)/t10-/m0/s1. The van der Waals surface area contributed by atoms with Gasteiger partial charge in [-0.05, 0) is 31.2 Å². The van der Waals surface area contributed by atoms with Gasteiger partial charge >= 0.3 is 0 Å². The minimum Gasteiger partial charge on any atom is -0.496 e. The summed E-state index contributed by atoms with van der Waals surface area (Å²) in [5.41, 5.74) is 7.48. The molecule has 0 aliphatic rings. The molecule has 1 amide bonds. The van der Waals surface area contributed by atoms with E-state index in [1.165, 1.54) is 0 Å². The van der Waals surface area contributed by atoms with Crippen LogP contribution in [0.25, 0.3) is 0 Å². The van der Waals surface area contributed by atoms with E-state index in [1.54, 1.807) is 25.3 Å². The van der Waals surface area contributed by atoms with Gasteiger partial charge in [0.05, 0.1) is 23.9 Å². The first kappa shape index (κ1) is 15.2. The number of benzene rings is 2. The van der Waals surface area contributed by atoms with E-state index in [1.807, 2.05) is 31.2 Å². The summed E-state index contributed by atoms with van der Waals surface area (Å²) < 4.78 is 5.30. The Bertz CT molecular complexity index is 658. The number of para-hydroxylation sites is 1. The fourth-order valence-electron chi connectivity index (χ4n) is 2.07. The second-order valence-electron chi connectivity index (χ2n) is 4.67. The van der Waals surface area contributed by atoms with Gasteiger partial charge in [0, 0.05) is 11.1 Å². The molecule has 0 radical (unpaired) electrons. The molecule has 0 bridgehead atoms. The van der Waals surface area contributed by atoms with Crippen LogP contribution in [0.1, 0.15) is 28.9 Å². The van der Waals surface area contributed by atoms with Gasteiger partial charge in [-0.1, -0.05) is 29.8 Å². The maximum Gasteiger partial charge on any atom is 0.251 e. The number of nitrogens with one attached hydrogen (secondary N) is 1. The van der Waals surface area contributed by atoms with Gasteiger partial charge in [0.25, 0.3) is 5.91 Å². The Morgan fingerprint density at radius 1 is 1.29 bits per heavy atom. The molecule has 110 valence electrons. The predicted octanol–water partition coefficient (Wildman–Crippen LogP) is 3.42. The summed E-state index contributed by atoms with van der Waals surface area (Å²) in [6, 6.07) is 12.2. The molecule has 0 unspecified atom stereocenters. The number of ether oxygens (including phenoxy) is 1. The van der Waals surface area contributed by atoms with E-state index in [0.717, 1.165) is 11.3 Å². The number of carbonyl (C=O) groups excluding carboxylic acids is 1. The van der Waals surface area contributed by atoms with Crippen LogP contribution in [0.15, 0.2) is 42.5 Å². The van der Waals surface area contributed by atoms with Gasteiger partial charge in [0.15, 0.2) is 0 Å². The van der Waals surface area contributed by atoms with E-state index in [4.69, 9.17) is 22.1 Å². The second-order valence-corrected chi connectivity index (χ2v) is 5.08. The lowest BCUT2D eigenvalue weighted by atomic mass is 10.1. The van der Waals surface area contributed by atoms with Crippen molar-refractivity contribution in [1.29, 1.82) is 0 Å². The van der Waals surface area contributed by atoms with E-state index in [9.17, 15) is 4.79 Å². The summed E-state index contributed by atoms with van der Waals surface area (Å²) in [5.74, 6) is 0.526. The lowest BCUT2D eigenvalue weighted by Crippen LogP contribution is -2.27.